The Morgan fingerprint density at radius 1 is 1.10 bits per heavy atom. The normalized spacial score (nSPS) is 15.9. The van der Waals surface area contributed by atoms with E-state index in [2.05, 4.69) is 4.98 Å². The van der Waals surface area contributed by atoms with E-state index in [1.54, 1.807) is 48.8 Å². The monoisotopic (exact) mass is 437 g/mol. The van der Waals surface area contributed by atoms with E-state index in [1.165, 1.54) is 29.2 Å². The molecule has 2 heterocycles. The number of hydrogen-bond donors (Lipinski definition) is 0. The molecule has 1 fully saturated rings. The van der Waals surface area contributed by atoms with Crippen LogP contribution < -0.4 is 4.90 Å². The van der Waals surface area contributed by atoms with Gasteiger partial charge >= 0.3 is 0 Å². The molecule has 1 atom stereocenters. The summed E-state index contributed by atoms with van der Waals surface area (Å²) >= 11 is 5.91. The van der Waals surface area contributed by atoms with Gasteiger partial charge in [-0.15, -0.1) is 0 Å². The number of hydrogen-bond acceptors (Lipinski definition) is 4. The number of imide groups is 1. The molecule has 0 saturated carbocycles. The second-order valence-corrected chi connectivity index (χ2v) is 7.50. The van der Waals surface area contributed by atoms with Gasteiger partial charge < -0.3 is 4.90 Å². The molecular weight excluding hydrogens is 421 g/mol. The van der Waals surface area contributed by atoms with Gasteiger partial charge in [0.1, 0.15) is 11.9 Å². The average molecular weight is 438 g/mol. The first-order valence-corrected chi connectivity index (χ1v) is 9.89. The Balaban J connectivity index is 1.68. The molecule has 0 spiro atoms. The molecule has 0 aliphatic carbocycles. The van der Waals surface area contributed by atoms with E-state index < -0.39 is 29.6 Å². The fraction of sp³-hybridized carbons (Fsp3) is 0.130. The molecule has 4 rings (SSSR count). The Bertz CT molecular complexity index is 1120. The van der Waals surface area contributed by atoms with Gasteiger partial charge in [0.15, 0.2) is 0 Å². The molecule has 1 aromatic heterocycles. The SMILES string of the molecule is O=C1CC(N(Cc2cccnc2)C(=O)c2ccc(F)cc2)C(=O)N1c1ccc(Cl)cc1. The zero-order chi connectivity index (χ0) is 22.0. The van der Waals surface area contributed by atoms with Crippen LogP contribution in [0, 0.1) is 5.82 Å². The molecule has 1 aliphatic heterocycles. The summed E-state index contributed by atoms with van der Waals surface area (Å²) in [5.41, 5.74) is 1.30. The van der Waals surface area contributed by atoms with Gasteiger partial charge in [-0.1, -0.05) is 17.7 Å². The number of pyridine rings is 1. The van der Waals surface area contributed by atoms with Crippen LogP contribution in [0.5, 0.6) is 0 Å². The van der Waals surface area contributed by atoms with Crippen molar-refractivity contribution >= 4 is 35.0 Å². The molecule has 3 amide bonds. The van der Waals surface area contributed by atoms with Crippen LogP contribution in [0.3, 0.4) is 0 Å². The molecule has 8 heteroatoms. The summed E-state index contributed by atoms with van der Waals surface area (Å²) in [7, 11) is 0. The number of rotatable bonds is 5. The Hall–Kier alpha value is -3.58. The molecule has 0 bridgehead atoms. The van der Waals surface area contributed by atoms with Crippen LogP contribution >= 0.6 is 11.6 Å². The summed E-state index contributed by atoms with van der Waals surface area (Å²) in [5, 5.41) is 0.476. The summed E-state index contributed by atoms with van der Waals surface area (Å²) in [5.74, 6) is -1.88. The fourth-order valence-corrected chi connectivity index (χ4v) is 3.62. The van der Waals surface area contributed by atoms with Crippen LogP contribution in [0.1, 0.15) is 22.3 Å². The number of carbonyl (C=O) groups excluding carboxylic acids is 3. The lowest BCUT2D eigenvalue weighted by molar-refractivity contribution is -0.122. The zero-order valence-electron chi connectivity index (χ0n) is 16.2. The third-order valence-corrected chi connectivity index (χ3v) is 5.26. The van der Waals surface area contributed by atoms with E-state index in [0.29, 0.717) is 16.3 Å². The number of carbonyl (C=O) groups is 3. The first-order valence-electron chi connectivity index (χ1n) is 9.52. The molecule has 1 aliphatic rings. The highest BCUT2D eigenvalue weighted by Crippen LogP contribution is 2.28. The number of halogens is 2. The lowest BCUT2D eigenvalue weighted by Gasteiger charge is -2.28. The molecule has 1 saturated heterocycles. The van der Waals surface area contributed by atoms with Gasteiger partial charge in [-0.2, -0.15) is 0 Å². The highest BCUT2D eigenvalue weighted by atomic mass is 35.5. The van der Waals surface area contributed by atoms with Crippen molar-refractivity contribution in [3.8, 4) is 0 Å². The first-order chi connectivity index (χ1) is 14.9. The van der Waals surface area contributed by atoms with E-state index in [0.717, 1.165) is 4.90 Å². The fourth-order valence-electron chi connectivity index (χ4n) is 3.49. The van der Waals surface area contributed by atoms with E-state index >= 15 is 0 Å². The lowest BCUT2D eigenvalue weighted by Crippen LogP contribution is -2.45. The molecule has 3 aromatic rings. The van der Waals surface area contributed by atoms with Crippen molar-refractivity contribution in [2.75, 3.05) is 4.90 Å². The largest absolute Gasteiger partial charge is 0.322 e. The van der Waals surface area contributed by atoms with Gasteiger partial charge in [-0.25, -0.2) is 9.29 Å². The number of aromatic nitrogens is 1. The minimum atomic E-state index is -0.999. The Morgan fingerprint density at radius 2 is 1.81 bits per heavy atom. The topological polar surface area (TPSA) is 70.6 Å². The zero-order valence-corrected chi connectivity index (χ0v) is 17.0. The van der Waals surface area contributed by atoms with Crippen molar-refractivity contribution in [2.24, 2.45) is 0 Å². The van der Waals surface area contributed by atoms with E-state index in [9.17, 15) is 18.8 Å². The second kappa shape index (κ2) is 8.65. The molecular formula is C23H17ClFN3O3. The Morgan fingerprint density at radius 3 is 2.45 bits per heavy atom. The van der Waals surface area contributed by atoms with Crippen LogP contribution in [-0.4, -0.2) is 33.6 Å². The third kappa shape index (κ3) is 4.32. The van der Waals surface area contributed by atoms with Gasteiger partial charge in [0.05, 0.1) is 12.1 Å². The minimum Gasteiger partial charge on any atom is -0.322 e. The van der Waals surface area contributed by atoms with Crippen molar-refractivity contribution in [3.63, 3.8) is 0 Å². The smallest absolute Gasteiger partial charge is 0.257 e. The lowest BCUT2D eigenvalue weighted by atomic mass is 10.1. The highest BCUT2D eigenvalue weighted by molar-refractivity contribution is 6.31. The van der Waals surface area contributed by atoms with Gasteiger partial charge in [0.2, 0.25) is 5.91 Å². The summed E-state index contributed by atoms with van der Waals surface area (Å²) in [4.78, 5) is 45.7. The van der Waals surface area contributed by atoms with Crippen LogP contribution in [0.25, 0.3) is 0 Å². The third-order valence-electron chi connectivity index (χ3n) is 5.01. The quantitative estimate of drug-likeness (QED) is 0.568. The maximum absolute atomic E-state index is 13.3. The van der Waals surface area contributed by atoms with Gasteiger partial charge in [-0.3, -0.25) is 19.4 Å². The minimum absolute atomic E-state index is 0.0716. The maximum atomic E-state index is 13.3. The molecule has 0 N–H and O–H groups in total. The highest BCUT2D eigenvalue weighted by Gasteiger charge is 2.44. The van der Waals surface area contributed by atoms with Crippen molar-refractivity contribution in [2.45, 2.75) is 19.0 Å². The summed E-state index contributed by atoms with van der Waals surface area (Å²) < 4.78 is 13.3. The molecule has 1 unspecified atom stereocenters. The van der Waals surface area contributed by atoms with Gasteiger partial charge in [0, 0.05) is 29.5 Å². The molecule has 0 radical (unpaired) electrons. The standard InChI is InChI=1S/C23H17ClFN3O3/c24-17-5-9-19(10-6-17)28-21(29)12-20(23(28)31)27(14-15-2-1-11-26-13-15)22(30)16-3-7-18(25)8-4-16/h1-11,13,20H,12,14H2. The van der Waals surface area contributed by atoms with Crippen LogP contribution in [0.15, 0.2) is 73.1 Å². The summed E-state index contributed by atoms with van der Waals surface area (Å²) in [6.45, 7) is 0.0716. The number of nitrogens with zero attached hydrogens (tertiary/aromatic N) is 3. The van der Waals surface area contributed by atoms with Crippen molar-refractivity contribution < 1.29 is 18.8 Å². The Labute approximate surface area is 182 Å². The van der Waals surface area contributed by atoms with Gasteiger partial charge in [-0.05, 0) is 60.2 Å². The number of amides is 3. The first kappa shape index (κ1) is 20.7. The predicted molar refractivity (Wildman–Crippen MR) is 113 cm³/mol. The molecule has 156 valence electrons. The van der Waals surface area contributed by atoms with Crippen molar-refractivity contribution in [1.82, 2.24) is 9.88 Å². The van der Waals surface area contributed by atoms with E-state index in [4.69, 9.17) is 11.6 Å². The van der Waals surface area contributed by atoms with Crippen molar-refractivity contribution in [1.29, 1.82) is 0 Å². The average Bonchev–Trinajstić information content (AvgIpc) is 3.07. The predicted octanol–water partition coefficient (Wildman–Crippen LogP) is 3.85. The van der Waals surface area contributed by atoms with E-state index in [1.807, 2.05) is 0 Å². The number of anilines is 1. The molecule has 31 heavy (non-hydrogen) atoms. The second-order valence-electron chi connectivity index (χ2n) is 7.06. The Kier molecular flexibility index (Phi) is 5.77. The van der Waals surface area contributed by atoms with Crippen LogP contribution in [0.2, 0.25) is 5.02 Å². The number of benzene rings is 2. The van der Waals surface area contributed by atoms with E-state index in [-0.39, 0.29) is 18.5 Å². The van der Waals surface area contributed by atoms with Gasteiger partial charge in [0.25, 0.3) is 11.8 Å². The van der Waals surface area contributed by atoms with Crippen LogP contribution in [0.4, 0.5) is 10.1 Å². The van der Waals surface area contributed by atoms with Crippen molar-refractivity contribution in [3.05, 3.63) is 95.0 Å². The summed E-state index contributed by atoms with van der Waals surface area (Å²) in [6, 6.07) is 13.9. The summed E-state index contributed by atoms with van der Waals surface area (Å²) in [6.07, 6.45) is 3.03. The molecule has 2 aromatic carbocycles. The molecule has 6 nitrogen and oxygen atoms in total. The maximum Gasteiger partial charge on any atom is 0.257 e. The van der Waals surface area contributed by atoms with Crippen LogP contribution in [-0.2, 0) is 16.1 Å².